The van der Waals surface area contributed by atoms with Crippen molar-refractivity contribution in [1.82, 2.24) is 4.90 Å². The molecular formula is C23H43NO5Si. The summed E-state index contributed by atoms with van der Waals surface area (Å²) in [4.78, 5) is 27.7. The molecule has 0 bridgehead atoms. The molecule has 1 amide bonds. The fourth-order valence-corrected chi connectivity index (χ4v) is 6.78. The zero-order chi connectivity index (χ0) is 23.3. The van der Waals surface area contributed by atoms with Gasteiger partial charge in [0.15, 0.2) is 8.32 Å². The maximum Gasteiger partial charge on any atom is 0.411 e. The zero-order valence-electron chi connectivity index (χ0n) is 20.9. The molecule has 0 aromatic rings. The number of likely N-dealkylation sites (tertiary alicyclic amines) is 1. The van der Waals surface area contributed by atoms with Gasteiger partial charge in [0.2, 0.25) is 0 Å². The van der Waals surface area contributed by atoms with E-state index < -0.39 is 26.1 Å². The third-order valence-corrected chi connectivity index (χ3v) is 11.8. The van der Waals surface area contributed by atoms with Crippen molar-refractivity contribution in [2.45, 2.75) is 117 Å². The molecule has 0 N–H and O–H groups in total. The van der Waals surface area contributed by atoms with E-state index in [-0.39, 0.29) is 34.5 Å². The van der Waals surface area contributed by atoms with Gasteiger partial charge in [-0.25, -0.2) is 9.59 Å². The quantitative estimate of drug-likeness (QED) is 0.434. The topological polar surface area (TPSA) is 65.1 Å². The summed E-state index contributed by atoms with van der Waals surface area (Å²) in [5.74, 6) is -0.255. The molecule has 6 nitrogen and oxygen atoms in total. The van der Waals surface area contributed by atoms with Crippen LogP contribution in [0.1, 0.15) is 75.2 Å². The summed E-state index contributed by atoms with van der Waals surface area (Å²) in [6.45, 7) is 23.1. The molecule has 1 saturated carbocycles. The lowest BCUT2D eigenvalue weighted by Gasteiger charge is -2.46. The van der Waals surface area contributed by atoms with Crippen LogP contribution in [0.3, 0.4) is 0 Å². The van der Waals surface area contributed by atoms with Gasteiger partial charge in [0.25, 0.3) is 0 Å². The van der Waals surface area contributed by atoms with E-state index in [1.165, 1.54) is 0 Å². The van der Waals surface area contributed by atoms with E-state index in [9.17, 15) is 9.59 Å². The highest BCUT2D eigenvalue weighted by atomic mass is 28.4. The van der Waals surface area contributed by atoms with Gasteiger partial charge in [0, 0.05) is 12.0 Å². The molecule has 1 aliphatic carbocycles. The summed E-state index contributed by atoms with van der Waals surface area (Å²) < 4.78 is 18.0. The van der Waals surface area contributed by atoms with E-state index in [1.54, 1.807) is 11.8 Å². The Balaban J connectivity index is 2.42. The second-order valence-corrected chi connectivity index (χ2v) is 16.5. The van der Waals surface area contributed by atoms with Crippen LogP contribution < -0.4 is 0 Å². The van der Waals surface area contributed by atoms with Crippen LogP contribution in [0.4, 0.5) is 4.79 Å². The van der Waals surface area contributed by atoms with E-state index in [1.807, 2.05) is 27.7 Å². The van der Waals surface area contributed by atoms with E-state index in [4.69, 9.17) is 13.9 Å². The number of fused-ring (bicyclic) bond motifs is 1. The maximum absolute atomic E-state index is 13.1. The van der Waals surface area contributed by atoms with Crippen molar-refractivity contribution in [2.75, 3.05) is 6.61 Å². The Labute approximate surface area is 184 Å². The Morgan fingerprint density at radius 3 is 2.17 bits per heavy atom. The van der Waals surface area contributed by atoms with Crippen LogP contribution in [0.15, 0.2) is 0 Å². The summed E-state index contributed by atoms with van der Waals surface area (Å²) >= 11 is 0. The van der Waals surface area contributed by atoms with Gasteiger partial charge in [0.05, 0.1) is 12.2 Å². The highest BCUT2D eigenvalue weighted by molar-refractivity contribution is 6.74. The smallest absolute Gasteiger partial charge is 0.411 e. The van der Waals surface area contributed by atoms with Gasteiger partial charge in [-0.05, 0) is 78.4 Å². The third-order valence-electron chi connectivity index (χ3n) is 7.23. The number of ether oxygens (including phenoxy) is 2. The Bertz CT molecular complexity index is 665. The summed E-state index contributed by atoms with van der Waals surface area (Å²) in [5.41, 5.74) is -1.01. The summed E-state index contributed by atoms with van der Waals surface area (Å²) in [5, 5.41) is 0.0847. The summed E-state index contributed by atoms with van der Waals surface area (Å²) in [7, 11) is -2.03. The minimum Gasteiger partial charge on any atom is -0.464 e. The van der Waals surface area contributed by atoms with E-state index >= 15 is 0 Å². The fraction of sp³-hybridized carbons (Fsp3) is 0.913. The Kier molecular flexibility index (Phi) is 6.81. The first-order valence-electron chi connectivity index (χ1n) is 11.3. The second-order valence-electron chi connectivity index (χ2n) is 11.7. The second kappa shape index (κ2) is 8.12. The van der Waals surface area contributed by atoms with Crippen molar-refractivity contribution >= 4 is 20.4 Å². The van der Waals surface area contributed by atoms with Gasteiger partial charge in [-0.15, -0.1) is 0 Å². The van der Waals surface area contributed by atoms with Crippen molar-refractivity contribution in [1.29, 1.82) is 0 Å². The highest BCUT2D eigenvalue weighted by Crippen LogP contribution is 2.55. The van der Waals surface area contributed by atoms with Crippen molar-refractivity contribution in [3.05, 3.63) is 0 Å². The zero-order valence-corrected chi connectivity index (χ0v) is 21.9. The van der Waals surface area contributed by atoms with Crippen LogP contribution in [-0.2, 0) is 18.7 Å². The first-order chi connectivity index (χ1) is 13.5. The fourth-order valence-electron chi connectivity index (χ4n) is 5.07. The normalized spacial score (nSPS) is 32.2. The number of hydrogen-bond acceptors (Lipinski definition) is 5. The Morgan fingerprint density at radius 1 is 1.13 bits per heavy atom. The highest BCUT2D eigenvalue weighted by Gasteiger charge is 2.64. The molecule has 0 unspecified atom stereocenters. The Morgan fingerprint density at radius 2 is 1.70 bits per heavy atom. The number of carbonyl (C=O) groups is 2. The lowest BCUT2D eigenvalue weighted by Crippen LogP contribution is -2.53. The molecule has 1 aliphatic heterocycles. The van der Waals surface area contributed by atoms with Gasteiger partial charge in [-0.2, -0.15) is 0 Å². The minimum atomic E-state index is -2.03. The van der Waals surface area contributed by atoms with Crippen LogP contribution in [0.2, 0.25) is 18.1 Å². The molecule has 0 aromatic carbocycles. The van der Waals surface area contributed by atoms with Crippen LogP contribution in [0.25, 0.3) is 0 Å². The molecular weight excluding hydrogens is 398 g/mol. The standard InChI is InChI=1S/C23H43NO5Si/c1-12-27-19(25)18-16-13-14-23(9,29-30(10,11)22(6,7)8)17(16)15(2)24(18)20(26)28-21(3,4)5/h15-18H,12-14H2,1-11H3/t15-,16-,17-,18-,23+/m0/s1. The molecule has 0 radical (unpaired) electrons. The van der Waals surface area contributed by atoms with Gasteiger partial charge < -0.3 is 13.9 Å². The molecule has 0 spiro atoms. The molecule has 1 saturated heterocycles. The average molecular weight is 442 g/mol. The van der Waals surface area contributed by atoms with Crippen LogP contribution in [0, 0.1) is 11.8 Å². The summed E-state index contributed by atoms with van der Waals surface area (Å²) in [6.07, 6.45) is 1.28. The number of esters is 1. The Hall–Kier alpha value is -1.08. The van der Waals surface area contributed by atoms with Gasteiger partial charge in [-0.3, -0.25) is 4.90 Å². The largest absolute Gasteiger partial charge is 0.464 e. The van der Waals surface area contributed by atoms with Crippen molar-refractivity contribution < 1.29 is 23.5 Å². The van der Waals surface area contributed by atoms with Crippen molar-refractivity contribution in [2.24, 2.45) is 11.8 Å². The number of carbonyl (C=O) groups excluding carboxylic acids is 2. The van der Waals surface area contributed by atoms with Crippen molar-refractivity contribution in [3.63, 3.8) is 0 Å². The van der Waals surface area contributed by atoms with Crippen LogP contribution >= 0.6 is 0 Å². The van der Waals surface area contributed by atoms with Gasteiger partial charge in [-0.1, -0.05) is 20.8 Å². The molecule has 0 aromatic heterocycles. The molecule has 2 fully saturated rings. The van der Waals surface area contributed by atoms with Crippen LogP contribution in [-0.4, -0.2) is 55.2 Å². The lowest BCUT2D eigenvalue weighted by molar-refractivity contribution is -0.150. The molecule has 7 heteroatoms. The van der Waals surface area contributed by atoms with Gasteiger partial charge >= 0.3 is 12.1 Å². The summed E-state index contributed by atoms with van der Waals surface area (Å²) in [6, 6.07) is -0.791. The number of hydrogen-bond donors (Lipinski definition) is 0. The van der Waals surface area contributed by atoms with Crippen molar-refractivity contribution in [3.8, 4) is 0 Å². The predicted octanol–water partition coefficient (Wildman–Crippen LogP) is 5.36. The maximum atomic E-state index is 13.1. The van der Waals surface area contributed by atoms with E-state index in [0.717, 1.165) is 12.8 Å². The molecule has 5 atom stereocenters. The van der Waals surface area contributed by atoms with E-state index in [0.29, 0.717) is 6.61 Å². The molecule has 2 rings (SSSR count). The number of nitrogens with zero attached hydrogens (tertiary/aromatic N) is 1. The van der Waals surface area contributed by atoms with Crippen LogP contribution in [0.5, 0.6) is 0 Å². The molecule has 30 heavy (non-hydrogen) atoms. The molecule has 2 aliphatic rings. The SMILES string of the molecule is CCOC(=O)[C@@H]1[C@H]2CC[C@@](C)(O[Si](C)(C)C(C)(C)C)[C@H]2[C@H](C)N1C(=O)OC(C)(C)C. The number of amides is 1. The molecule has 174 valence electrons. The number of rotatable bonds is 4. The lowest BCUT2D eigenvalue weighted by atomic mass is 9.83. The first kappa shape index (κ1) is 25.2. The van der Waals surface area contributed by atoms with E-state index in [2.05, 4.69) is 40.8 Å². The molecule has 1 heterocycles. The average Bonchev–Trinajstić information content (AvgIpc) is 3.00. The minimum absolute atomic E-state index is 0.0151. The third kappa shape index (κ3) is 4.72. The first-order valence-corrected chi connectivity index (χ1v) is 14.2. The monoisotopic (exact) mass is 441 g/mol. The van der Waals surface area contributed by atoms with Gasteiger partial charge in [0.1, 0.15) is 11.6 Å². The predicted molar refractivity (Wildman–Crippen MR) is 121 cm³/mol.